The first-order chi connectivity index (χ1) is 15.6. The van der Waals surface area contributed by atoms with Crippen molar-refractivity contribution < 1.29 is 14.3 Å². The van der Waals surface area contributed by atoms with Gasteiger partial charge in [-0.05, 0) is 31.4 Å². The van der Waals surface area contributed by atoms with Crippen molar-refractivity contribution in [3.8, 4) is 0 Å². The number of likely N-dealkylation sites (tertiary alicyclic amines) is 1. The summed E-state index contributed by atoms with van der Waals surface area (Å²) >= 11 is 0. The number of nitrogens with zero attached hydrogens (tertiary/aromatic N) is 2. The second-order valence-corrected chi connectivity index (χ2v) is 8.89. The Kier molecular flexibility index (Phi) is 7.18. The first kappa shape index (κ1) is 22.4. The molecule has 2 amide bonds. The summed E-state index contributed by atoms with van der Waals surface area (Å²) in [4.78, 5) is 30.6. The van der Waals surface area contributed by atoms with Crippen LogP contribution >= 0.6 is 0 Å². The molecule has 5 heteroatoms. The summed E-state index contributed by atoms with van der Waals surface area (Å²) in [7, 11) is 0. The number of carbonyl (C=O) groups is 2. The molecule has 32 heavy (non-hydrogen) atoms. The third-order valence-electron chi connectivity index (χ3n) is 6.72. The molecule has 2 aliphatic rings. The number of hydrogen-bond donors (Lipinski definition) is 0. The normalized spacial score (nSPS) is 24.7. The van der Waals surface area contributed by atoms with Crippen molar-refractivity contribution in [3.63, 3.8) is 0 Å². The Morgan fingerprint density at radius 1 is 1.00 bits per heavy atom. The first-order valence-corrected chi connectivity index (χ1v) is 11.4. The van der Waals surface area contributed by atoms with E-state index in [1.54, 1.807) is 0 Å². The first-order valence-electron chi connectivity index (χ1n) is 11.4. The third-order valence-corrected chi connectivity index (χ3v) is 6.72. The maximum Gasteiger partial charge on any atom is 0.255 e. The topological polar surface area (TPSA) is 49.9 Å². The van der Waals surface area contributed by atoms with Gasteiger partial charge in [-0.15, -0.1) is 0 Å². The lowest BCUT2D eigenvalue weighted by molar-refractivity contribution is -0.161. The second-order valence-electron chi connectivity index (χ2n) is 8.89. The Bertz CT molecular complexity index is 957. The van der Waals surface area contributed by atoms with Gasteiger partial charge in [-0.1, -0.05) is 72.3 Å². The average molecular weight is 433 g/mol. The fourth-order valence-corrected chi connectivity index (χ4v) is 4.93. The molecular weight excluding hydrogens is 400 g/mol. The Labute approximate surface area is 190 Å². The Hall–Kier alpha value is -2.76. The van der Waals surface area contributed by atoms with Crippen LogP contribution in [-0.2, 0) is 27.3 Å². The van der Waals surface area contributed by atoms with Crippen molar-refractivity contribution >= 4 is 11.8 Å². The number of hydrogen-bond acceptors (Lipinski definition) is 4. The Morgan fingerprint density at radius 2 is 1.62 bits per heavy atom. The van der Waals surface area contributed by atoms with E-state index in [2.05, 4.69) is 30.0 Å². The highest BCUT2D eigenvalue weighted by molar-refractivity contribution is 5.98. The molecule has 0 N–H and O–H groups in total. The molecule has 2 aliphatic heterocycles. The van der Waals surface area contributed by atoms with E-state index in [9.17, 15) is 9.59 Å². The van der Waals surface area contributed by atoms with Gasteiger partial charge in [0.15, 0.2) is 0 Å². The van der Waals surface area contributed by atoms with Gasteiger partial charge in [0.05, 0.1) is 18.6 Å². The second kappa shape index (κ2) is 10.2. The van der Waals surface area contributed by atoms with Gasteiger partial charge in [0.1, 0.15) is 6.61 Å². The minimum absolute atomic E-state index is 0.0231. The highest BCUT2D eigenvalue weighted by atomic mass is 16.5. The van der Waals surface area contributed by atoms with Crippen molar-refractivity contribution in [1.29, 1.82) is 0 Å². The van der Waals surface area contributed by atoms with Crippen molar-refractivity contribution in [1.82, 2.24) is 9.80 Å². The molecule has 2 fully saturated rings. The van der Waals surface area contributed by atoms with E-state index in [-0.39, 0.29) is 36.3 Å². The average Bonchev–Trinajstić information content (AvgIpc) is 3.23. The molecule has 5 nitrogen and oxygen atoms in total. The van der Waals surface area contributed by atoms with Gasteiger partial charge in [-0.3, -0.25) is 19.4 Å². The monoisotopic (exact) mass is 432 g/mol. The molecule has 0 aromatic heterocycles. The minimum atomic E-state index is -0.263. The minimum Gasteiger partial charge on any atom is -0.369 e. The van der Waals surface area contributed by atoms with Crippen LogP contribution in [0.4, 0.5) is 0 Å². The molecular formula is C27H32N2O3. The summed E-state index contributed by atoms with van der Waals surface area (Å²) < 4.78 is 5.54. The van der Waals surface area contributed by atoms with Gasteiger partial charge < -0.3 is 4.74 Å². The van der Waals surface area contributed by atoms with E-state index in [1.807, 2.05) is 55.5 Å². The van der Waals surface area contributed by atoms with Crippen LogP contribution in [0.1, 0.15) is 25.0 Å². The standard InChI is InChI=1S/C27H32N2O3/c1-3-20(2)24-16-28(15-22-12-8-5-9-13-22)17-25(24)27(31)29-23(18-32-19-26(29)30)14-21-10-6-4-7-11-21/h3-13,23-25H,14-19H2,1-2H3/b20-3+/t23-,24?,25?/m0/s1. The number of ether oxygens (including phenoxy) is 1. The summed E-state index contributed by atoms with van der Waals surface area (Å²) in [5, 5.41) is 0. The lowest BCUT2D eigenvalue weighted by Gasteiger charge is -2.36. The van der Waals surface area contributed by atoms with E-state index in [4.69, 9.17) is 4.74 Å². The molecule has 2 aromatic carbocycles. The van der Waals surface area contributed by atoms with Crippen LogP contribution in [-0.4, -0.2) is 54.0 Å². The Morgan fingerprint density at radius 3 is 2.28 bits per heavy atom. The molecule has 0 bridgehead atoms. The largest absolute Gasteiger partial charge is 0.369 e. The van der Waals surface area contributed by atoms with Crippen molar-refractivity contribution in [2.75, 3.05) is 26.3 Å². The quantitative estimate of drug-likeness (QED) is 0.516. The van der Waals surface area contributed by atoms with Gasteiger partial charge in [0.25, 0.3) is 5.91 Å². The van der Waals surface area contributed by atoms with Gasteiger partial charge in [0, 0.05) is 25.6 Å². The maximum absolute atomic E-state index is 13.8. The van der Waals surface area contributed by atoms with Gasteiger partial charge in [-0.2, -0.15) is 0 Å². The van der Waals surface area contributed by atoms with Crippen LogP contribution in [0.15, 0.2) is 72.3 Å². The van der Waals surface area contributed by atoms with Gasteiger partial charge >= 0.3 is 0 Å². The zero-order chi connectivity index (χ0) is 22.5. The van der Waals surface area contributed by atoms with Crippen LogP contribution in [0.3, 0.4) is 0 Å². The van der Waals surface area contributed by atoms with E-state index < -0.39 is 0 Å². The number of amides is 2. The number of rotatable bonds is 6. The predicted octanol–water partition coefficient (Wildman–Crippen LogP) is 3.70. The lowest BCUT2D eigenvalue weighted by atomic mass is 9.87. The van der Waals surface area contributed by atoms with Gasteiger partial charge in [0.2, 0.25) is 5.91 Å². The zero-order valence-corrected chi connectivity index (χ0v) is 18.9. The fraction of sp³-hybridized carbons (Fsp3) is 0.407. The molecule has 0 radical (unpaired) electrons. The van der Waals surface area contributed by atoms with Gasteiger partial charge in [-0.25, -0.2) is 0 Å². The highest BCUT2D eigenvalue weighted by Gasteiger charge is 2.44. The van der Waals surface area contributed by atoms with Crippen molar-refractivity contribution in [2.24, 2.45) is 11.8 Å². The summed E-state index contributed by atoms with van der Waals surface area (Å²) in [5.41, 5.74) is 3.55. The molecule has 2 aromatic rings. The van der Waals surface area contributed by atoms with Crippen LogP contribution in [0.2, 0.25) is 0 Å². The number of imide groups is 1. The molecule has 4 rings (SSSR count). The third kappa shape index (κ3) is 5.00. The summed E-state index contributed by atoms with van der Waals surface area (Å²) in [6.07, 6.45) is 2.71. The predicted molar refractivity (Wildman–Crippen MR) is 125 cm³/mol. The maximum atomic E-state index is 13.8. The number of benzene rings is 2. The van der Waals surface area contributed by atoms with E-state index in [0.29, 0.717) is 19.6 Å². The van der Waals surface area contributed by atoms with Crippen LogP contribution < -0.4 is 0 Å². The summed E-state index contributed by atoms with van der Waals surface area (Å²) in [6, 6.07) is 20.1. The van der Waals surface area contributed by atoms with Crippen LogP contribution in [0.5, 0.6) is 0 Å². The van der Waals surface area contributed by atoms with Crippen LogP contribution in [0, 0.1) is 11.8 Å². The fourth-order valence-electron chi connectivity index (χ4n) is 4.93. The molecule has 0 saturated carbocycles. The zero-order valence-electron chi connectivity index (χ0n) is 18.9. The molecule has 3 atom stereocenters. The molecule has 2 heterocycles. The number of morpholine rings is 1. The summed E-state index contributed by atoms with van der Waals surface area (Å²) in [5.74, 6) is -0.388. The number of carbonyl (C=O) groups excluding carboxylic acids is 2. The van der Waals surface area contributed by atoms with E-state index in [1.165, 1.54) is 16.0 Å². The van der Waals surface area contributed by atoms with Crippen molar-refractivity contribution in [2.45, 2.75) is 32.9 Å². The summed E-state index contributed by atoms with van der Waals surface area (Å²) in [6.45, 7) is 6.78. The van der Waals surface area contributed by atoms with E-state index in [0.717, 1.165) is 18.7 Å². The highest BCUT2D eigenvalue weighted by Crippen LogP contribution is 2.33. The molecule has 2 unspecified atom stereocenters. The molecule has 2 saturated heterocycles. The lowest BCUT2D eigenvalue weighted by Crippen LogP contribution is -2.56. The molecule has 0 aliphatic carbocycles. The smallest absolute Gasteiger partial charge is 0.255 e. The molecule has 168 valence electrons. The number of allylic oxidation sites excluding steroid dienone is 1. The molecule has 0 spiro atoms. The van der Waals surface area contributed by atoms with E-state index >= 15 is 0 Å². The van der Waals surface area contributed by atoms with Crippen LogP contribution in [0.25, 0.3) is 0 Å². The van der Waals surface area contributed by atoms with Crippen molar-refractivity contribution in [3.05, 3.63) is 83.4 Å². The SMILES string of the molecule is C/C=C(\C)C1CN(Cc2ccccc2)CC1C(=O)N1C(=O)COC[C@@H]1Cc1ccccc1. The Balaban J connectivity index is 1.55.